The van der Waals surface area contributed by atoms with Crippen molar-refractivity contribution in [3.05, 3.63) is 71.5 Å². The number of piperidine rings is 1. The number of rotatable bonds is 4. The van der Waals surface area contributed by atoms with E-state index in [1.165, 1.54) is 18.6 Å². The third-order valence-corrected chi connectivity index (χ3v) is 5.81. The van der Waals surface area contributed by atoms with Gasteiger partial charge in [0.25, 0.3) is 5.91 Å². The van der Waals surface area contributed by atoms with Gasteiger partial charge < -0.3 is 0 Å². The van der Waals surface area contributed by atoms with Crippen LogP contribution in [0.15, 0.2) is 59.7 Å². The Labute approximate surface area is 165 Å². The maximum atomic E-state index is 13.4. The lowest BCUT2D eigenvalue weighted by Gasteiger charge is -2.34. The molecule has 2 aromatic carbocycles. The van der Waals surface area contributed by atoms with E-state index in [0.29, 0.717) is 19.0 Å². The van der Waals surface area contributed by atoms with Gasteiger partial charge in [-0.05, 0) is 49.6 Å². The lowest BCUT2D eigenvalue weighted by atomic mass is 9.98. The molecule has 2 heterocycles. The van der Waals surface area contributed by atoms with Gasteiger partial charge in [-0.25, -0.2) is 9.40 Å². The van der Waals surface area contributed by atoms with Gasteiger partial charge >= 0.3 is 0 Å². The van der Waals surface area contributed by atoms with Crippen molar-refractivity contribution in [1.82, 2.24) is 9.91 Å². The molecule has 4 nitrogen and oxygen atoms in total. The second-order valence-corrected chi connectivity index (χ2v) is 7.74. The zero-order valence-corrected chi connectivity index (χ0v) is 16.2. The monoisotopic (exact) mass is 379 g/mol. The molecule has 2 aliphatic heterocycles. The molecule has 28 heavy (non-hydrogen) atoms. The molecule has 0 aliphatic carbocycles. The summed E-state index contributed by atoms with van der Waals surface area (Å²) in [6, 6.07) is 16.6. The van der Waals surface area contributed by atoms with Crippen molar-refractivity contribution >= 4 is 11.6 Å². The first kappa shape index (κ1) is 18.8. The van der Waals surface area contributed by atoms with E-state index in [9.17, 15) is 9.18 Å². The van der Waals surface area contributed by atoms with Gasteiger partial charge in [0, 0.05) is 12.5 Å². The van der Waals surface area contributed by atoms with Crippen molar-refractivity contribution in [1.29, 1.82) is 0 Å². The Morgan fingerprint density at radius 1 is 1.11 bits per heavy atom. The topological polar surface area (TPSA) is 35.9 Å². The fourth-order valence-corrected chi connectivity index (χ4v) is 4.13. The van der Waals surface area contributed by atoms with Gasteiger partial charge in [-0.15, -0.1) is 0 Å². The van der Waals surface area contributed by atoms with Gasteiger partial charge in [-0.1, -0.05) is 48.9 Å². The summed E-state index contributed by atoms with van der Waals surface area (Å²) < 4.78 is 13.4. The van der Waals surface area contributed by atoms with Crippen LogP contribution in [-0.4, -0.2) is 40.7 Å². The van der Waals surface area contributed by atoms with Crippen LogP contribution < -0.4 is 0 Å². The maximum Gasteiger partial charge on any atom is 0.257 e. The number of halogens is 1. The van der Waals surface area contributed by atoms with Gasteiger partial charge in [0.1, 0.15) is 5.82 Å². The van der Waals surface area contributed by atoms with Crippen LogP contribution in [0.2, 0.25) is 0 Å². The first-order valence-corrected chi connectivity index (χ1v) is 10.1. The van der Waals surface area contributed by atoms with Crippen molar-refractivity contribution in [2.24, 2.45) is 5.10 Å². The summed E-state index contributed by atoms with van der Waals surface area (Å²) in [6.07, 6.45) is 4.13. The van der Waals surface area contributed by atoms with Gasteiger partial charge in [-0.2, -0.15) is 5.10 Å². The highest BCUT2D eigenvalue weighted by atomic mass is 19.1. The molecule has 146 valence electrons. The largest absolute Gasteiger partial charge is 0.292 e. The van der Waals surface area contributed by atoms with E-state index in [-0.39, 0.29) is 17.8 Å². The quantitative estimate of drug-likeness (QED) is 0.790. The number of nitrogens with zero attached hydrogens (tertiary/aromatic N) is 3. The number of carbonyl (C=O) groups is 1. The van der Waals surface area contributed by atoms with E-state index in [0.717, 1.165) is 36.2 Å². The van der Waals surface area contributed by atoms with Gasteiger partial charge in [0.05, 0.1) is 18.3 Å². The van der Waals surface area contributed by atoms with E-state index in [1.807, 2.05) is 30.3 Å². The molecule has 0 radical (unpaired) electrons. The van der Waals surface area contributed by atoms with Gasteiger partial charge in [0.15, 0.2) is 0 Å². The molecule has 0 unspecified atom stereocenters. The molecule has 4 rings (SSSR count). The predicted octanol–water partition coefficient (Wildman–Crippen LogP) is 4.38. The molecular weight excluding hydrogens is 353 g/mol. The number of benzene rings is 2. The molecule has 1 amide bonds. The molecular formula is C23H26FN3O. The average Bonchev–Trinajstić information content (AvgIpc) is 3.16. The van der Waals surface area contributed by atoms with Crippen molar-refractivity contribution in [3.8, 4) is 0 Å². The van der Waals surface area contributed by atoms with Crippen LogP contribution in [0.5, 0.6) is 0 Å². The highest BCUT2D eigenvalue weighted by Gasteiger charge is 2.34. The first-order chi connectivity index (χ1) is 13.6. The van der Waals surface area contributed by atoms with Crippen LogP contribution in [-0.2, 0) is 4.79 Å². The average molecular weight is 379 g/mol. The number of carbonyl (C=O) groups excluding carboxylic acids is 1. The molecule has 0 bridgehead atoms. The van der Waals surface area contributed by atoms with Crippen molar-refractivity contribution < 1.29 is 9.18 Å². The van der Waals surface area contributed by atoms with Crippen molar-refractivity contribution in [3.63, 3.8) is 0 Å². The van der Waals surface area contributed by atoms with Crippen LogP contribution in [0.4, 0.5) is 4.39 Å². The number of hydrogen-bond donors (Lipinski definition) is 0. The zero-order valence-electron chi connectivity index (χ0n) is 16.2. The summed E-state index contributed by atoms with van der Waals surface area (Å²) in [5.74, 6) is -0.264. The standard InChI is InChI=1S/C23H26FN3O/c1-17-7-5-6-14-26(17)16-23(28)27-22(19-10-12-20(24)13-11-19)15-21(25-27)18-8-3-2-4-9-18/h2-4,8-13,17,22H,5-7,14-16H2,1H3/t17-,22+/m0/s1. The van der Waals surface area contributed by atoms with Crippen LogP contribution in [0.3, 0.4) is 0 Å². The van der Waals surface area contributed by atoms with Crippen molar-refractivity contribution in [2.45, 2.75) is 44.7 Å². The lowest BCUT2D eigenvalue weighted by molar-refractivity contribution is -0.135. The van der Waals surface area contributed by atoms with Crippen LogP contribution in [0, 0.1) is 5.82 Å². The van der Waals surface area contributed by atoms with E-state index in [4.69, 9.17) is 5.10 Å². The third-order valence-electron chi connectivity index (χ3n) is 5.81. The fourth-order valence-electron chi connectivity index (χ4n) is 4.13. The number of hydrogen-bond acceptors (Lipinski definition) is 3. The Morgan fingerprint density at radius 3 is 2.57 bits per heavy atom. The molecule has 0 spiro atoms. The third kappa shape index (κ3) is 3.99. The number of likely N-dealkylation sites (tertiary alicyclic amines) is 1. The predicted molar refractivity (Wildman–Crippen MR) is 108 cm³/mol. The number of amides is 1. The first-order valence-electron chi connectivity index (χ1n) is 10.1. The minimum atomic E-state index is -0.272. The van der Waals surface area contributed by atoms with Crippen LogP contribution in [0.1, 0.15) is 49.8 Å². The molecule has 0 aromatic heterocycles. The Kier molecular flexibility index (Phi) is 5.53. The van der Waals surface area contributed by atoms with Crippen LogP contribution in [0.25, 0.3) is 0 Å². The summed E-state index contributed by atoms with van der Waals surface area (Å²) >= 11 is 0. The van der Waals surface area contributed by atoms with E-state index in [2.05, 4.69) is 11.8 Å². The Balaban J connectivity index is 1.60. The van der Waals surface area contributed by atoms with Crippen molar-refractivity contribution in [2.75, 3.05) is 13.1 Å². The van der Waals surface area contributed by atoms with Gasteiger partial charge in [0.2, 0.25) is 0 Å². The summed E-state index contributed by atoms with van der Waals surface area (Å²) in [5.41, 5.74) is 2.84. The Bertz CT molecular complexity index is 850. The smallest absolute Gasteiger partial charge is 0.257 e. The Morgan fingerprint density at radius 2 is 1.86 bits per heavy atom. The van der Waals surface area contributed by atoms with Crippen LogP contribution >= 0.6 is 0 Å². The highest BCUT2D eigenvalue weighted by Crippen LogP contribution is 2.33. The Hall–Kier alpha value is -2.53. The molecule has 1 saturated heterocycles. The molecule has 0 saturated carbocycles. The minimum absolute atomic E-state index is 0.00834. The summed E-state index contributed by atoms with van der Waals surface area (Å²) in [7, 11) is 0. The molecule has 2 aliphatic rings. The highest BCUT2D eigenvalue weighted by molar-refractivity contribution is 6.03. The summed E-state index contributed by atoms with van der Waals surface area (Å²) in [4.78, 5) is 15.4. The van der Waals surface area contributed by atoms with E-state index < -0.39 is 0 Å². The minimum Gasteiger partial charge on any atom is -0.292 e. The molecule has 1 fully saturated rings. The second kappa shape index (κ2) is 8.23. The van der Waals surface area contributed by atoms with E-state index >= 15 is 0 Å². The SMILES string of the molecule is C[C@H]1CCCCN1CC(=O)N1N=C(c2ccccc2)C[C@@H]1c1ccc(F)cc1. The molecule has 2 atom stereocenters. The normalized spacial score (nSPS) is 22.9. The summed E-state index contributed by atoms with van der Waals surface area (Å²) in [6.45, 7) is 3.52. The number of hydrazone groups is 1. The fraction of sp³-hybridized carbons (Fsp3) is 0.391. The molecule has 0 N–H and O–H groups in total. The maximum absolute atomic E-state index is 13.4. The van der Waals surface area contributed by atoms with E-state index in [1.54, 1.807) is 17.1 Å². The zero-order chi connectivity index (χ0) is 19.5. The molecule has 5 heteroatoms. The van der Waals surface area contributed by atoms with Gasteiger partial charge in [-0.3, -0.25) is 9.69 Å². The lowest BCUT2D eigenvalue weighted by Crippen LogP contribution is -2.44. The second-order valence-electron chi connectivity index (χ2n) is 7.74. The molecule has 2 aromatic rings. The summed E-state index contributed by atoms with van der Waals surface area (Å²) in [5, 5.41) is 6.33.